The van der Waals surface area contributed by atoms with Gasteiger partial charge in [-0.15, -0.1) is 10.2 Å². The van der Waals surface area contributed by atoms with Gasteiger partial charge in [0.1, 0.15) is 11.5 Å². The van der Waals surface area contributed by atoms with E-state index in [1.54, 1.807) is 0 Å². The van der Waals surface area contributed by atoms with Crippen LogP contribution < -0.4 is 15.4 Å². The summed E-state index contributed by atoms with van der Waals surface area (Å²) < 4.78 is 6.54. The summed E-state index contributed by atoms with van der Waals surface area (Å²) in [5.74, 6) is 1.71. The Morgan fingerprint density at radius 3 is 2.41 bits per heavy atom. The van der Waals surface area contributed by atoms with Crippen molar-refractivity contribution >= 4 is 56.3 Å². The second-order valence-electron chi connectivity index (χ2n) is 7.30. The minimum Gasteiger partial charge on any atom is -0.457 e. The first-order valence-corrected chi connectivity index (χ1v) is 12.4. The lowest BCUT2D eigenvalue weighted by Gasteiger charge is -2.08. The first-order valence-electron chi connectivity index (χ1n) is 10.6. The smallest absolute Gasteiger partial charge is 0.234 e. The first-order chi connectivity index (χ1) is 16.7. The molecule has 168 valence electrons. The quantitative estimate of drug-likeness (QED) is 0.232. The van der Waals surface area contributed by atoms with Crippen molar-refractivity contribution in [1.29, 1.82) is 0 Å². The van der Waals surface area contributed by atoms with E-state index in [2.05, 4.69) is 20.8 Å². The third-order valence-corrected chi connectivity index (χ3v) is 6.85. The van der Waals surface area contributed by atoms with Gasteiger partial charge in [0, 0.05) is 16.8 Å². The average molecular weight is 485 g/mol. The summed E-state index contributed by atoms with van der Waals surface area (Å²) in [7, 11) is 0. The van der Waals surface area contributed by atoms with Crippen LogP contribution in [-0.4, -0.2) is 21.9 Å². The van der Waals surface area contributed by atoms with Gasteiger partial charge in [0.15, 0.2) is 4.34 Å². The monoisotopic (exact) mass is 484 g/mol. The molecule has 34 heavy (non-hydrogen) atoms. The Kier molecular flexibility index (Phi) is 6.69. The normalized spacial score (nSPS) is 10.7. The zero-order valence-electron chi connectivity index (χ0n) is 18.0. The number of fused-ring (bicyclic) bond motifs is 1. The molecule has 0 unspecified atom stereocenters. The van der Waals surface area contributed by atoms with Gasteiger partial charge >= 0.3 is 0 Å². The molecule has 0 aliphatic heterocycles. The molecular formula is C26H20N4O2S2. The van der Waals surface area contributed by atoms with E-state index in [9.17, 15) is 4.79 Å². The molecule has 0 fully saturated rings. The number of ether oxygens (including phenoxy) is 1. The van der Waals surface area contributed by atoms with Crippen LogP contribution in [0.15, 0.2) is 101 Å². The lowest BCUT2D eigenvalue weighted by molar-refractivity contribution is -0.113. The molecule has 0 spiro atoms. The third kappa shape index (κ3) is 5.54. The molecule has 0 bridgehead atoms. The van der Waals surface area contributed by atoms with E-state index in [1.165, 1.54) is 23.1 Å². The lowest BCUT2D eigenvalue weighted by atomic mass is 10.1. The predicted molar refractivity (Wildman–Crippen MR) is 139 cm³/mol. The van der Waals surface area contributed by atoms with Crippen molar-refractivity contribution in [2.24, 2.45) is 0 Å². The number of carbonyl (C=O) groups excluding carboxylic acids is 1. The molecule has 0 aliphatic carbocycles. The molecule has 0 radical (unpaired) electrons. The van der Waals surface area contributed by atoms with E-state index in [0.717, 1.165) is 38.0 Å². The standard InChI is InChI=1S/C26H20N4O2S2/c31-24(28-23-12-6-8-18-7-4-5-11-22(18)23)17-33-26-30-29-25(34-26)27-19-13-15-21(16-14-19)32-20-9-2-1-3-10-20/h1-16H,17H2,(H,27,29)(H,28,31). The molecule has 1 aromatic heterocycles. The van der Waals surface area contributed by atoms with E-state index in [4.69, 9.17) is 4.74 Å². The molecule has 0 atom stereocenters. The number of rotatable bonds is 8. The van der Waals surface area contributed by atoms with Crippen LogP contribution in [0.1, 0.15) is 0 Å². The van der Waals surface area contributed by atoms with Gasteiger partial charge in [0.2, 0.25) is 11.0 Å². The highest BCUT2D eigenvalue weighted by Crippen LogP contribution is 2.30. The van der Waals surface area contributed by atoms with Crippen molar-refractivity contribution in [3.05, 3.63) is 97.1 Å². The van der Waals surface area contributed by atoms with Gasteiger partial charge < -0.3 is 15.4 Å². The fourth-order valence-electron chi connectivity index (χ4n) is 3.32. The summed E-state index contributed by atoms with van der Waals surface area (Å²) in [6.45, 7) is 0. The number of hydrogen-bond acceptors (Lipinski definition) is 7. The second-order valence-corrected chi connectivity index (χ2v) is 9.50. The van der Waals surface area contributed by atoms with E-state index in [-0.39, 0.29) is 11.7 Å². The Morgan fingerprint density at radius 1 is 0.824 bits per heavy atom. The minimum atomic E-state index is -0.0833. The number of aromatic nitrogens is 2. The number of nitrogens with one attached hydrogen (secondary N) is 2. The van der Waals surface area contributed by atoms with Crippen molar-refractivity contribution in [2.75, 3.05) is 16.4 Å². The molecule has 5 rings (SSSR count). The Bertz CT molecular complexity index is 1400. The molecule has 0 saturated carbocycles. The van der Waals surface area contributed by atoms with Crippen LogP contribution in [0.4, 0.5) is 16.5 Å². The fraction of sp³-hybridized carbons (Fsp3) is 0.0385. The molecule has 0 aliphatic rings. The van der Waals surface area contributed by atoms with Crippen LogP contribution in [-0.2, 0) is 4.79 Å². The number of amides is 1. The Morgan fingerprint density at radius 2 is 1.56 bits per heavy atom. The molecule has 1 amide bonds. The van der Waals surface area contributed by atoms with Gasteiger partial charge in [-0.25, -0.2) is 0 Å². The number of nitrogens with zero attached hydrogens (tertiary/aromatic N) is 2. The maximum Gasteiger partial charge on any atom is 0.234 e. The van der Waals surface area contributed by atoms with Crippen molar-refractivity contribution < 1.29 is 9.53 Å². The van der Waals surface area contributed by atoms with Crippen LogP contribution in [0.5, 0.6) is 11.5 Å². The van der Waals surface area contributed by atoms with E-state index in [1.807, 2.05) is 97.1 Å². The molecule has 6 nitrogen and oxygen atoms in total. The Hall–Kier alpha value is -3.88. The van der Waals surface area contributed by atoms with Crippen LogP contribution >= 0.6 is 23.1 Å². The molecule has 0 saturated heterocycles. The summed E-state index contributed by atoms with van der Waals surface area (Å²) in [5.41, 5.74) is 1.69. The molecule has 1 heterocycles. The van der Waals surface area contributed by atoms with Gasteiger partial charge in [-0.05, 0) is 47.9 Å². The number of benzene rings is 4. The Balaban J connectivity index is 1.14. The van der Waals surface area contributed by atoms with Gasteiger partial charge in [-0.2, -0.15) is 0 Å². The van der Waals surface area contributed by atoms with E-state index in [0.29, 0.717) is 5.13 Å². The lowest BCUT2D eigenvalue weighted by Crippen LogP contribution is -2.14. The highest BCUT2D eigenvalue weighted by molar-refractivity contribution is 8.01. The molecule has 8 heteroatoms. The van der Waals surface area contributed by atoms with Gasteiger partial charge in [0.05, 0.1) is 5.75 Å². The van der Waals surface area contributed by atoms with Crippen molar-refractivity contribution in [3.63, 3.8) is 0 Å². The van der Waals surface area contributed by atoms with Crippen LogP contribution in [0.3, 0.4) is 0 Å². The third-order valence-electron chi connectivity index (χ3n) is 4.88. The summed E-state index contributed by atoms with van der Waals surface area (Å²) in [6.07, 6.45) is 0. The maximum atomic E-state index is 12.5. The van der Waals surface area contributed by atoms with Crippen molar-refractivity contribution in [2.45, 2.75) is 4.34 Å². The highest BCUT2D eigenvalue weighted by atomic mass is 32.2. The van der Waals surface area contributed by atoms with Gasteiger partial charge in [-0.1, -0.05) is 77.7 Å². The van der Waals surface area contributed by atoms with Gasteiger partial charge in [-0.3, -0.25) is 4.79 Å². The van der Waals surface area contributed by atoms with Crippen molar-refractivity contribution in [3.8, 4) is 11.5 Å². The number of thioether (sulfide) groups is 1. The summed E-state index contributed by atoms with van der Waals surface area (Å²) >= 11 is 2.76. The largest absolute Gasteiger partial charge is 0.457 e. The summed E-state index contributed by atoms with van der Waals surface area (Å²) in [4.78, 5) is 12.5. The van der Waals surface area contributed by atoms with E-state index >= 15 is 0 Å². The number of hydrogen-bond donors (Lipinski definition) is 2. The van der Waals surface area contributed by atoms with Crippen LogP contribution in [0.25, 0.3) is 10.8 Å². The molecule has 2 N–H and O–H groups in total. The number of para-hydroxylation sites is 1. The zero-order chi connectivity index (χ0) is 23.2. The zero-order valence-corrected chi connectivity index (χ0v) is 19.6. The summed E-state index contributed by atoms with van der Waals surface area (Å²) in [5, 5.41) is 17.4. The SMILES string of the molecule is O=C(CSc1nnc(Nc2ccc(Oc3ccccc3)cc2)s1)Nc1cccc2ccccc12. The van der Waals surface area contributed by atoms with Crippen LogP contribution in [0, 0.1) is 0 Å². The minimum absolute atomic E-state index is 0.0833. The predicted octanol–water partition coefficient (Wildman–Crippen LogP) is 6.96. The number of anilines is 3. The molecule has 5 aromatic rings. The fourth-order valence-corrected chi connectivity index (χ4v) is 4.89. The number of carbonyl (C=O) groups is 1. The topological polar surface area (TPSA) is 76.1 Å². The Labute approximate surface area is 205 Å². The van der Waals surface area contributed by atoms with Crippen LogP contribution in [0.2, 0.25) is 0 Å². The highest BCUT2D eigenvalue weighted by Gasteiger charge is 2.10. The average Bonchev–Trinajstić information content (AvgIpc) is 3.32. The van der Waals surface area contributed by atoms with Gasteiger partial charge in [0.25, 0.3) is 0 Å². The second kappa shape index (κ2) is 10.4. The summed E-state index contributed by atoms with van der Waals surface area (Å²) in [6, 6.07) is 31.1. The van der Waals surface area contributed by atoms with Crippen molar-refractivity contribution in [1.82, 2.24) is 10.2 Å². The first kappa shape index (κ1) is 21.9. The molecule has 4 aromatic carbocycles. The van der Waals surface area contributed by atoms with E-state index < -0.39 is 0 Å². The molecular weight excluding hydrogens is 464 g/mol. The maximum absolute atomic E-state index is 12.5.